The van der Waals surface area contributed by atoms with Crippen molar-refractivity contribution in [1.82, 2.24) is 4.90 Å². The Kier molecular flexibility index (Phi) is 4.63. The Morgan fingerprint density at radius 1 is 1.33 bits per heavy atom. The number of benzene rings is 1. The van der Waals surface area contributed by atoms with E-state index in [0.29, 0.717) is 18.0 Å². The predicted octanol–water partition coefficient (Wildman–Crippen LogP) is 3.10. The highest BCUT2D eigenvalue weighted by atomic mass is 35.7. The molecule has 0 aromatic heterocycles. The molecule has 1 amide bonds. The van der Waals surface area contributed by atoms with Crippen LogP contribution >= 0.6 is 10.7 Å². The fourth-order valence-electron chi connectivity index (χ4n) is 2.33. The monoisotopic (exact) mass is 329 g/mol. The summed E-state index contributed by atoms with van der Waals surface area (Å²) < 4.78 is 23.1. The van der Waals surface area contributed by atoms with Crippen LogP contribution in [0.3, 0.4) is 0 Å². The van der Waals surface area contributed by atoms with Gasteiger partial charge in [0.05, 0.1) is 4.90 Å². The molecule has 116 valence electrons. The van der Waals surface area contributed by atoms with Crippen LogP contribution in [0.4, 0.5) is 0 Å². The van der Waals surface area contributed by atoms with Crippen LogP contribution in [-0.4, -0.2) is 32.3 Å². The van der Waals surface area contributed by atoms with Crippen molar-refractivity contribution < 1.29 is 13.2 Å². The minimum atomic E-state index is -3.84. The molecule has 0 atom stereocenters. The van der Waals surface area contributed by atoms with Crippen LogP contribution in [0.15, 0.2) is 17.0 Å². The molecule has 21 heavy (non-hydrogen) atoms. The molecule has 1 fully saturated rings. The number of carbonyl (C=O) groups excluding carboxylic acids is 1. The first-order chi connectivity index (χ1) is 9.74. The van der Waals surface area contributed by atoms with Gasteiger partial charge in [0.25, 0.3) is 15.0 Å². The van der Waals surface area contributed by atoms with Crippen LogP contribution in [0.1, 0.15) is 41.3 Å². The third-order valence-electron chi connectivity index (χ3n) is 4.00. The highest BCUT2D eigenvalue weighted by Gasteiger charge is 2.28. The minimum Gasteiger partial charge on any atom is -0.339 e. The van der Waals surface area contributed by atoms with Gasteiger partial charge in [-0.05, 0) is 62.8 Å². The molecular weight excluding hydrogens is 310 g/mol. The van der Waals surface area contributed by atoms with E-state index in [1.807, 2.05) is 13.8 Å². The molecule has 1 aromatic rings. The zero-order valence-corrected chi connectivity index (χ0v) is 14.1. The maximum Gasteiger partial charge on any atom is 0.261 e. The van der Waals surface area contributed by atoms with Crippen LogP contribution in [0.25, 0.3) is 0 Å². The lowest BCUT2D eigenvalue weighted by Crippen LogP contribution is -2.33. The van der Waals surface area contributed by atoms with Crippen molar-refractivity contribution in [2.45, 2.75) is 38.5 Å². The van der Waals surface area contributed by atoms with E-state index in [1.165, 1.54) is 12.1 Å². The predicted molar refractivity (Wildman–Crippen MR) is 83.3 cm³/mol. The Labute approximate surface area is 130 Å². The Morgan fingerprint density at radius 2 is 1.95 bits per heavy atom. The van der Waals surface area contributed by atoms with Crippen molar-refractivity contribution in [3.8, 4) is 0 Å². The second-order valence-corrected chi connectivity index (χ2v) is 8.20. The minimum absolute atomic E-state index is 0.0157. The zero-order chi connectivity index (χ0) is 15.8. The van der Waals surface area contributed by atoms with Crippen LogP contribution in [0.2, 0.25) is 0 Å². The zero-order valence-electron chi connectivity index (χ0n) is 12.5. The number of hydrogen-bond acceptors (Lipinski definition) is 3. The molecule has 1 aromatic carbocycles. The number of rotatable bonds is 5. The second kappa shape index (κ2) is 5.97. The lowest BCUT2D eigenvalue weighted by molar-refractivity contribution is 0.0756. The summed E-state index contributed by atoms with van der Waals surface area (Å²) in [6.45, 7) is 6.91. The molecule has 4 nitrogen and oxygen atoms in total. The number of carbonyl (C=O) groups is 1. The number of amides is 1. The van der Waals surface area contributed by atoms with Gasteiger partial charge in [-0.15, -0.1) is 0 Å². The van der Waals surface area contributed by atoms with Crippen molar-refractivity contribution in [2.24, 2.45) is 5.92 Å². The third kappa shape index (κ3) is 3.77. The Morgan fingerprint density at radius 3 is 2.43 bits per heavy atom. The summed E-state index contributed by atoms with van der Waals surface area (Å²) in [4.78, 5) is 14.4. The molecule has 0 heterocycles. The standard InChI is InChI=1S/C15H20ClNO3S/c1-4-17(9-12-5-6-12)15(18)14-8-13(21(16,19)20)7-10(2)11(14)3/h7-8,12H,4-6,9H2,1-3H3. The van der Waals surface area contributed by atoms with Crippen molar-refractivity contribution >= 4 is 25.6 Å². The molecule has 0 spiro atoms. The third-order valence-corrected chi connectivity index (χ3v) is 5.33. The summed E-state index contributed by atoms with van der Waals surface area (Å²) in [5.41, 5.74) is 1.98. The number of nitrogens with zero attached hydrogens (tertiary/aromatic N) is 1. The SMILES string of the molecule is CCN(CC1CC1)C(=O)c1cc(S(=O)(=O)Cl)cc(C)c1C. The maximum atomic E-state index is 12.7. The van der Waals surface area contributed by atoms with Crippen molar-refractivity contribution in [1.29, 1.82) is 0 Å². The summed E-state index contributed by atoms with van der Waals surface area (Å²) in [7, 11) is 1.57. The molecule has 1 aliphatic carbocycles. The van der Waals surface area contributed by atoms with Gasteiger partial charge in [0, 0.05) is 29.3 Å². The highest BCUT2D eigenvalue weighted by molar-refractivity contribution is 8.13. The van der Waals surface area contributed by atoms with Gasteiger partial charge in [0.15, 0.2) is 0 Å². The molecule has 0 N–H and O–H groups in total. The van der Waals surface area contributed by atoms with Gasteiger partial charge in [-0.1, -0.05) is 0 Å². The van der Waals surface area contributed by atoms with Gasteiger partial charge in [-0.2, -0.15) is 0 Å². The van der Waals surface area contributed by atoms with E-state index in [2.05, 4.69) is 0 Å². The van der Waals surface area contributed by atoms with E-state index in [1.54, 1.807) is 11.8 Å². The lowest BCUT2D eigenvalue weighted by Gasteiger charge is -2.22. The molecule has 1 aliphatic rings. The summed E-state index contributed by atoms with van der Waals surface area (Å²) in [6, 6.07) is 2.90. The molecule has 0 bridgehead atoms. The number of hydrogen-bond donors (Lipinski definition) is 0. The molecule has 0 radical (unpaired) electrons. The second-order valence-electron chi connectivity index (χ2n) is 5.64. The van der Waals surface area contributed by atoms with E-state index < -0.39 is 9.05 Å². The number of halogens is 1. The average Bonchev–Trinajstić information content (AvgIpc) is 3.21. The molecule has 6 heteroatoms. The van der Waals surface area contributed by atoms with Crippen molar-refractivity contribution in [3.05, 3.63) is 28.8 Å². The largest absolute Gasteiger partial charge is 0.339 e. The first-order valence-corrected chi connectivity index (χ1v) is 9.40. The van der Waals surface area contributed by atoms with E-state index in [4.69, 9.17) is 10.7 Å². The van der Waals surface area contributed by atoms with Crippen LogP contribution in [0.5, 0.6) is 0 Å². The summed E-state index contributed by atoms with van der Waals surface area (Å²) in [6.07, 6.45) is 2.33. The fraction of sp³-hybridized carbons (Fsp3) is 0.533. The van der Waals surface area contributed by atoms with Gasteiger partial charge in [0.2, 0.25) is 0 Å². The van der Waals surface area contributed by atoms with E-state index >= 15 is 0 Å². The van der Waals surface area contributed by atoms with Crippen molar-refractivity contribution in [2.75, 3.05) is 13.1 Å². The van der Waals surface area contributed by atoms with Crippen molar-refractivity contribution in [3.63, 3.8) is 0 Å². The molecule has 0 unspecified atom stereocenters. The molecule has 2 rings (SSSR count). The van der Waals surface area contributed by atoms with Gasteiger partial charge >= 0.3 is 0 Å². The summed E-state index contributed by atoms with van der Waals surface area (Å²) in [5, 5.41) is 0. The smallest absolute Gasteiger partial charge is 0.261 e. The average molecular weight is 330 g/mol. The van der Waals surface area contributed by atoms with Crippen LogP contribution < -0.4 is 0 Å². The normalized spacial score (nSPS) is 15.0. The Bertz CT molecular complexity index is 666. The Hall–Kier alpha value is -1.07. The topological polar surface area (TPSA) is 54.5 Å². The highest BCUT2D eigenvalue weighted by Crippen LogP contribution is 2.31. The molecule has 0 aliphatic heterocycles. The van der Waals surface area contributed by atoms with E-state index in [-0.39, 0.29) is 10.8 Å². The molecule has 0 saturated heterocycles. The van der Waals surface area contributed by atoms with Gasteiger partial charge in [-0.3, -0.25) is 4.79 Å². The first-order valence-electron chi connectivity index (χ1n) is 7.09. The molecular formula is C15H20ClNO3S. The quantitative estimate of drug-likeness (QED) is 0.780. The van der Waals surface area contributed by atoms with Gasteiger partial charge in [-0.25, -0.2) is 8.42 Å². The van der Waals surface area contributed by atoms with Crippen LogP contribution in [-0.2, 0) is 9.05 Å². The summed E-state index contributed by atoms with van der Waals surface area (Å²) >= 11 is 0. The number of aryl methyl sites for hydroxylation is 1. The lowest BCUT2D eigenvalue weighted by atomic mass is 10.0. The fourth-order valence-corrected chi connectivity index (χ4v) is 3.17. The van der Waals surface area contributed by atoms with E-state index in [9.17, 15) is 13.2 Å². The summed E-state index contributed by atoms with van der Waals surface area (Å²) in [5.74, 6) is 0.474. The Balaban J connectivity index is 2.41. The van der Waals surface area contributed by atoms with Crippen LogP contribution in [0, 0.1) is 19.8 Å². The van der Waals surface area contributed by atoms with Gasteiger partial charge in [0.1, 0.15) is 0 Å². The molecule has 1 saturated carbocycles. The maximum absolute atomic E-state index is 12.7. The van der Waals surface area contributed by atoms with Gasteiger partial charge < -0.3 is 4.90 Å². The first kappa shape index (κ1) is 16.3. The van der Waals surface area contributed by atoms with E-state index in [0.717, 1.165) is 30.5 Å².